The van der Waals surface area contributed by atoms with E-state index < -0.39 is 23.3 Å². The Bertz CT molecular complexity index is 1070. The molecule has 0 aliphatic carbocycles. The standard InChI is InChI=1S/C20H16FNO5S/c1-22-6-5-20(26,19(22)25)4-2-11-8-13-15(10-14(11)21)27-7-3-12-9-16(18(23)24)28-17(12)13/h8-10,26H,3,5-7H2,1H3,(H,23,24). The molecule has 1 aromatic carbocycles. The summed E-state index contributed by atoms with van der Waals surface area (Å²) in [6.45, 7) is 0.682. The first-order valence-electron chi connectivity index (χ1n) is 8.62. The molecule has 144 valence electrons. The predicted molar refractivity (Wildman–Crippen MR) is 100.0 cm³/mol. The number of amides is 1. The van der Waals surface area contributed by atoms with Crippen LogP contribution >= 0.6 is 11.3 Å². The molecule has 0 bridgehead atoms. The molecule has 0 saturated carbocycles. The maximum atomic E-state index is 14.5. The van der Waals surface area contributed by atoms with Crippen molar-refractivity contribution in [2.45, 2.75) is 18.4 Å². The summed E-state index contributed by atoms with van der Waals surface area (Å²) >= 11 is 1.10. The van der Waals surface area contributed by atoms with Crippen LogP contribution in [-0.2, 0) is 11.2 Å². The quantitative estimate of drug-likeness (QED) is 0.715. The van der Waals surface area contributed by atoms with Crippen LogP contribution in [0.25, 0.3) is 10.4 Å². The van der Waals surface area contributed by atoms with Crippen molar-refractivity contribution in [1.82, 2.24) is 4.90 Å². The van der Waals surface area contributed by atoms with Gasteiger partial charge in [0.2, 0.25) is 5.60 Å². The van der Waals surface area contributed by atoms with E-state index in [4.69, 9.17) is 4.74 Å². The molecule has 2 aliphatic heterocycles. The molecule has 8 heteroatoms. The summed E-state index contributed by atoms with van der Waals surface area (Å²) in [6, 6.07) is 4.29. The third-order valence-electron chi connectivity index (χ3n) is 4.88. The average molecular weight is 401 g/mol. The van der Waals surface area contributed by atoms with Gasteiger partial charge in [-0.1, -0.05) is 11.8 Å². The second-order valence-corrected chi connectivity index (χ2v) is 7.84. The first kappa shape index (κ1) is 18.5. The third kappa shape index (κ3) is 3.03. The number of likely N-dealkylation sites (tertiary alicyclic amines) is 1. The summed E-state index contributed by atoms with van der Waals surface area (Å²) in [7, 11) is 1.57. The van der Waals surface area contributed by atoms with Crippen molar-refractivity contribution in [2.24, 2.45) is 0 Å². The smallest absolute Gasteiger partial charge is 0.345 e. The van der Waals surface area contributed by atoms with Crippen LogP contribution in [0, 0.1) is 17.7 Å². The van der Waals surface area contributed by atoms with Crippen molar-refractivity contribution >= 4 is 23.2 Å². The zero-order chi connectivity index (χ0) is 20.1. The highest BCUT2D eigenvalue weighted by Gasteiger charge is 2.42. The number of thiophene rings is 1. The summed E-state index contributed by atoms with van der Waals surface area (Å²) in [6.07, 6.45) is 0.666. The van der Waals surface area contributed by atoms with Crippen LogP contribution in [0.3, 0.4) is 0 Å². The molecule has 1 atom stereocenters. The van der Waals surface area contributed by atoms with Gasteiger partial charge >= 0.3 is 5.97 Å². The van der Waals surface area contributed by atoms with Crippen LogP contribution in [0.2, 0.25) is 0 Å². The molecule has 28 heavy (non-hydrogen) atoms. The number of hydrogen-bond donors (Lipinski definition) is 2. The molecule has 2 aromatic rings. The lowest BCUT2D eigenvalue weighted by atomic mass is 10.0. The van der Waals surface area contributed by atoms with Gasteiger partial charge in [-0.05, 0) is 17.7 Å². The number of carbonyl (C=O) groups is 2. The molecule has 4 rings (SSSR count). The number of likely N-dealkylation sites (N-methyl/N-ethyl adjacent to an activating group) is 1. The molecule has 1 saturated heterocycles. The Hall–Kier alpha value is -2.89. The van der Waals surface area contributed by atoms with Crippen molar-refractivity contribution in [3.8, 4) is 28.0 Å². The Labute approximate surface area is 164 Å². The van der Waals surface area contributed by atoms with Crippen LogP contribution in [-0.4, -0.2) is 52.8 Å². The van der Waals surface area contributed by atoms with Gasteiger partial charge in [0.05, 0.1) is 12.2 Å². The number of carboxylic acid groups (broad SMARTS) is 1. The van der Waals surface area contributed by atoms with E-state index in [1.54, 1.807) is 13.1 Å². The third-order valence-corrected chi connectivity index (χ3v) is 6.07. The number of hydrogen-bond acceptors (Lipinski definition) is 5. The van der Waals surface area contributed by atoms with Crippen molar-refractivity contribution in [1.29, 1.82) is 0 Å². The maximum absolute atomic E-state index is 14.5. The molecule has 2 N–H and O–H groups in total. The van der Waals surface area contributed by atoms with Crippen molar-refractivity contribution in [2.75, 3.05) is 20.2 Å². The topological polar surface area (TPSA) is 87.1 Å². The number of fused-ring (bicyclic) bond motifs is 3. The second kappa shape index (κ2) is 6.62. The number of rotatable bonds is 1. The van der Waals surface area contributed by atoms with E-state index >= 15 is 0 Å². The number of benzene rings is 1. The van der Waals surface area contributed by atoms with Gasteiger partial charge in [-0.3, -0.25) is 4.79 Å². The molecule has 1 fully saturated rings. The zero-order valence-corrected chi connectivity index (χ0v) is 15.7. The van der Waals surface area contributed by atoms with Crippen LogP contribution in [0.1, 0.15) is 27.2 Å². The lowest BCUT2D eigenvalue weighted by Gasteiger charge is -2.13. The van der Waals surface area contributed by atoms with Crippen LogP contribution < -0.4 is 4.74 Å². The Morgan fingerprint density at radius 2 is 2.18 bits per heavy atom. The summed E-state index contributed by atoms with van der Waals surface area (Å²) in [5, 5.41) is 19.7. The van der Waals surface area contributed by atoms with Gasteiger partial charge in [0.25, 0.3) is 5.91 Å². The van der Waals surface area contributed by atoms with Crippen molar-refractivity contribution < 1.29 is 28.9 Å². The van der Waals surface area contributed by atoms with Crippen molar-refractivity contribution in [3.63, 3.8) is 0 Å². The number of carboxylic acids is 1. The van der Waals surface area contributed by atoms with Crippen LogP contribution in [0.15, 0.2) is 18.2 Å². The normalized spacial score (nSPS) is 20.5. The lowest BCUT2D eigenvalue weighted by Crippen LogP contribution is -2.37. The molecular formula is C20H16FNO5S. The van der Waals surface area contributed by atoms with Gasteiger partial charge in [0.15, 0.2) is 0 Å². The van der Waals surface area contributed by atoms with Gasteiger partial charge in [-0.25, -0.2) is 9.18 Å². The molecule has 0 spiro atoms. The molecule has 0 radical (unpaired) electrons. The number of aliphatic hydroxyl groups is 1. The van der Waals surface area contributed by atoms with Gasteiger partial charge in [-0.2, -0.15) is 0 Å². The molecule has 3 heterocycles. The van der Waals surface area contributed by atoms with Crippen molar-refractivity contribution in [3.05, 3.63) is 40.0 Å². The van der Waals surface area contributed by atoms with E-state index in [1.165, 1.54) is 17.0 Å². The van der Waals surface area contributed by atoms with Gasteiger partial charge in [-0.15, -0.1) is 11.3 Å². The number of halogens is 1. The Kier molecular flexibility index (Phi) is 4.37. The Morgan fingerprint density at radius 3 is 2.86 bits per heavy atom. The first-order chi connectivity index (χ1) is 13.3. The first-order valence-corrected chi connectivity index (χ1v) is 9.44. The number of carbonyl (C=O) groups excluding carboxylic acids is 1. The minimum absolute atomic E-state index is 0.0104. The fraction of sp³-hybridized carbons (Fsp3) is 0.300. The summed E-state index contributed by atoms with van der Waals surface area (Å²) in [4.78, 5) is 25.6. The lowest BCUT2D eigenvalue weighted by molar-refractivity contribution is -0.137. The van der Waals surface area contributed by atoms with E-state index in [-0.39, 0.29) is 16.9 Å². The molecule has 1 unspecified atom stereocenters. The summed E-state index contributed by atoms with van der Waals surface area (Å²) in [5.74, 6) is 3.25. The highest BCUT2D eigenvalue weighted by molar-refractivity contribution is 7.17. The average Bonchev–Trinajstić information content (AvgIpc) is 3.14. The minimum atomic E-state index is -1.82. The zero-order valence-electron chi connectivity index (χ0n) is 14.9. The molecule has 6 nitrogen and oxygen atoms in total. The molecular weight excluding hydrogens is 385 g/mol. The van der Waals surface area contributed by atoms with Gasteiger partial charge < -0.3 is 19.8 Å². The SMILES string of the molecule is CN1CCC(O)(C#Cc2cc3c(cc2F)OCCc2cc(C(=O)O)sc2-3)C1=O. The Balaban J connectivity index is 1.79. The fourth-order valence-electron chi connectivity index (χ4n) is 3.31. The maximum Gasteiger partial charge on any atom is 0.345 e. The number of nitrogens with zero attached hydrogens (tertiary/aromatic N) is 1. The minimum Gasteiger partial charge on any atom is -0.492 e. The van der Waals surface area contributed by atoms with Gasteiger partial charge in [0, 0.05) is 42.9 Å². The predicted octanol–water partition coefficient (Wildman–Crippen LogP) is 2.13. The molecule has 2 aliphatic rings. The van der Waals surface area contributed by atoms with E-state index in [1.807, 2.05) is 0 Å². The van der Waals surface area contributed by atoms with E-state index in [9.17, 15) is 24.2 Å². The Morgan fingerprint density at radius 1 is 1.39 bits per heavy atom. The van der Waals surface area contributed by atoms with Crippen LogP contribution in [0.4, 0.5) is 4.39 Å². The summed E-state index contributed by atoms with van der Waals surface area (Å²) in [5.41, 5.74) is -0.443. The highest BCUT2D eigenvalue weighted by Crippen LogP contribution is 2.41. The van der Waals surface area contributed by atoms with E-state index in [0.29, 0.717) is 35.8 Å². The molecule has 1 aromatic heterocycles. The highest BCUT2D eigenvalue weighted by atomic mass is 32.1. The largest absolute Gasteiger partial charge is 0.492 e. The summed E-state index contributed by atoms with van der Waals surface area (Å²) < 4.78 is 20.2. The number of ether oxygens (including phenoxy) is 1. The monoisotopic (exact) mass is 401 g/mol. The fourth-order valence-corrected chi connectivity index (χ4v) is 4.38. The number of aromatic carboxylic acids is 1. The van der Waals surface area contributed by atoms with Gasteiger partial charge in [0.1, 0.15) is 16.4 Å². The van der Waals surface area contributed by atoms with E-state index in [2.05, 4.69) is 11.8 Å². The molecule has 1 amide bonds. The van der Waals surface area contributed by atoms with E-state index in [0.717, 1.165) is 16.9 Å². The second-order valence-electron chi connectivity index (χ2n) is 6.78. The van der Waals surface area contributed by atoms with Crippen LogP contribution in [0.5, 0.6) is 5.75 Å².